The van der Waals surface area contributed by atoms with E-state index in [-0.39, 0.29) is 17.9 Å². The lowest BCUT2D eigenvalue weighted by molar-refractivity contribution is 0.0469. The van der Waals surface area contributed by atoms with Crippen molar-refractivity contribution in [2.24, 2.45) is 5.92 Å². The summed E-state index contributed by atoms with van der Waals surface area (Å²) < 4.78 is 7.27. The zero-order chi connectivity index (χ0) is 23.7. The van der Waals surface area contributed by atoms with Gasteiger partial charge in [-0.2, -0.15) is 5.10 Å². The molecule has 0 unspecified atom stereocenters. The average Bonchev–Trinajstić information content (AvgIpc) is 3.09. The van der Waals surface area contributed by atoms with Gasteiger partial charge in [0, 0.05) is 18.0 Å². The summed E-state index contributed by atoms with van der Waals surface area (Å²) in [5.41, 5.74) is 0.875. The summed E-state index contributed by atoms with van der Waals surface area (Å²) in [6.07, 6.45) is 5.19. The highest BCUT2D eigenvalue weighted by atomic mass is 16.6. The summed E-state index contributed by atoms with van der Waals surface area (Å²) in [6, 6.07) is 2.05. The summed E-state index contributed by atoms with van der Waals surface area (Å²) in [4.78, 5) is 30.4. The first kappa shape index (κ1) is 24.0. The van der Waals surface area contributed by atoms with Gasteiger partial charge in [0.15, 0.2) is 5.65 Å². The number of rotatable bonds is 5. The van der Waals surface area contributed by atoms with Crippen molar-refractivity contribution in [3.8, 4) is 0 Å². The lowest BCUT2D eigenvalue weighted by atomic mass is 9.73. The normalized spacial score (nSPS) is 21.6. The van der Waals surface area contributed by atoms with Crippen molar-refractivity contribution < 1.29 is 14.3 Å². The molecule has 2 amide bonds. The van der Waals surface area contributed by atoms with Crippen molar-refractivity contribution in [1.29, 1.82) is 0 Å². The van der Waals surface area contributed by atoms with Crippen LogP contribution in [0, 0.1) is 12.8 Å². The molecule has 1 saturated carbocycles. The van der Waals surface area contributed by atoms with E-state index in [1.807, 2.05) is 38.4 Å². The molecule has 0 radical (unpaired) electrons. The highest BCUT2D eigenvalue weighted by Crippen LogP contribution is 2.34. The van der Waals surface area contributed by atoms with E-state index in [1.165, 1.54) is 0 Å². The maximum atomic E-state index is 13.4. The SMILES string of the molecule is Cc1nc2c(cnn2C(C)C)cc1C(=O)N[C@@]1(CNC(=O)OC(C)(C)C)CCCC[C@@H]1C. The molecular formula is C24H37N5O3. The Morgan fingerprint density at radius 3 is 2.66 bits per heavy atom. The molecule has 8 heteroatoms. The van der Waals surface area contributed by atoms with E-state index in [4.69, 9.17) is 4.74 Å². The van der Waals surface area contributed by atoms with Crippen molar-refractivity contribution in [1.82, 2.24) is 25.4 Å². The van der Waals surface area contributed by atoms with Crippen molar-refractivity contribution in [2.75, 3.05) is 6.54 Å². The number of carbonyl (C=O) groups excluding carboxylic acids is 2. The summed E-state index contributed by atoms with van der Waals surface area (Å²) in [5.74, 6) is 0.0461. The van der Waals surface area contributed by atoms with Crippen LogP contribution in [-0.4, -0.2) is 44.4 Å². The first-order valence-electron chi connectivity index (χ1n) is 11.6. The summed E-state index contributed by atoms with van der Waals surface area (Å²) in [7, 11) is 0. The number of ether oxygens (including phenoxy) is 1. The molecule has 0 saturated heterocycles. The molecule has 1 aliphatic carbocycles. The van der Waals surface area contributed by atoms with Gasteiger partial charge >= 0.3 is 6.09 Å². The molecule has 0 aromatic carbocycles. The third-order valence-electron chi connectivity index (χ3n) is 6.26. The third kappa shape index (κ3) is 5.22. The molecule has 2 atom stereocenters. The zero-order valence-electron chi connectivity index (χ0n) is 20.4. The molecule has 8 nitrogen and oxygen atoms in total. The van der Waals surface area contributed by atoms with Crippen molar-refractivity contribution >= 4 is 23.0 Å². The number of hydrogen-bond acceptors (Lipinski definition) is 5. The molecule has 176 valence electrons. The molecule has 3 rings (SSSR count). The Morgan fingerprint density at radius 1 is 1.31 bits per heavy atom. The largest absolute Gasteiger partial charge is 0.444 e. The van der Waals surface area contributed by atoms with Crippen LogP contribution >= 0.6 is 0 Å². The second kappa shape index (κ2) is 9.08. The van der Waals surface area contributed by atoms with Crippen LogP contribution in [0.2, 0.25) is 0 Å². The molecule has 0 bridgehead atoms. The Bertz CT molecular complexity index is 991. The molecule has 2 heterocycles. The Balaban J connectivity index is 1.84. The van der Waals surface area contributed by atoms with Crippen LogP contribution in [0.25, 0.3) is 11.0 Å². The number of nitrogens with zero attached hydrogens (tertiary/aromatic N) is 3. The molecule has 1 fully saturated rings. The molecule has 0 spiro atoms. The minimum absolute atomic E-state index is 0.172. The Morgan fingerprint density at radius 2 is 2.03 bits per heavy atom. The van der Waals surface area contributed by atoms with Gasteiger partial charge in [0.05, 0.1) is 23.0 Å². The first-order chi connectivity index (χ1) is 14.9. The molecule has 0 aliphatic heterocycles. The number of pyridine rings is 1. The van der Waals surface area contributed by atoms with Crippen LogP contribution in [0.15, 0.2) is 12.3 Å². The molecular weight excluding hydrogens is 406 g/mol. The smallest absolute Gasteiger partial charge is 0.407 e. The highest BCUT2D eigenvalue weighted by Gasteiger charge is 2.40. The maximum Gasteiger partial charge on any atom is 0.407 e. The number of aromatic nitrogens is 3. The van der Waals surface area contributed by atoms with Crippen LogP contribution < -0.4 is 10.6 Å². The van der Waals surface area contributed by atoms with E-state index in [1.54, 1.807) is 6.20 Å². The molecule has 2 aromatic rings. The van der Waals surface area contributed by atoms with E-state index >= 15 is 0 Å². The van der Waals surface area contributed by atoms with E-state index < -0.39 is 17.2 Å². The Hall–Kier alpha value is -2.64. The van der Waals surface area contributed by atoms with Crippen molar-refractivity contribution in [3.63, 3.8) is 0 Å². The van der Waals surface area contributed by atoms with Gasteiger partial charge in [-0.15, -0.1) is 0 Å². The van der Waals surface area contributed by atoms with Crippen molar-refractivity contribution in [3.05, 3.63) is 23.5 Å². The number of nitrogens with one attached hydrogen (secondary N) is 2. The van der Waals surface area contributed by atoms with Crippen LogP contribution in [0.4, 0.5) is 4.79 Å². The zero-order valence-corrected chi connectivity index (χ0v) is 20.4. The van der Waals surface area contributed by atoms with Crippen LogP contribution in [0.3, 0.4) is 0 Å². The fourth-order valence-electron chi connectivity index (χ4n) is 4.42. The van der Waals surface area contributed by atoms with Crippen LogP contribution in [0.5, 0.6) is 0 Å². The number of fused-ring (bicyclic) bond motifs is 1. The van der Waals surface area contributed by atoms with Gasteiger partial charge in [0.25, 0.3) is 5.91 Å². The lowest BCUT2D eigenvalue weighted by Crippen LogP contribution is -2.61. The highest BCUT2D eigenvalue weighted by molar-refractivity contribution is 5.98. The average molecular weight is 444 g/mol. The van der Waals surface area contributed by atoms with Crippen LogP contribution in [0.1, 0.15) is 89.3 Å². The minimum atomic E-state index is -0.572. The third-order valence-corrected chi connectivity index (χ3v) is 6.26. The van der Waals surface area contributed by atoms with Gasteiger partial charge in [-0.25, -0.2) is 14.5 Å². The molecule has 32 heavy (non-hydrogen) atoms. The van der Waals surface area contributed by atoms with E-state index in [2.05, 4.69) is 41.5 Å². The van der Waals surface area contributed by atoms with Gasteiger partial charge < -0.3 is 15.4 Å². The number of alkyl carbamates (subject to hydrolysis) is 1. The fourth-order valence-corrected chi connectivity index (χ4v) is 4.42. The Labute approximate surface area is 190 Å². The van der Waals surface area contributed by atoms with Gasteiger partial charge in [-0.1, -0.05) is 19.8 Å². The van der Waals surface area contributed by atoms with E-state index in [0.29, 0.717) is 17.8 Å². The van der Waals surface area contributed by atoms with Crippen LogP contribution in [-0.2, 0) is 4.74 Å². The fraction of sp³-hybridized carbons (Fsp3) is 0.667. The number of aryl methyl sites for hydroxylation is 1. The molecule has 2 aromatic heterocycles. The topological polar surface area (TPSA) is 98.1 Å². The van der Waals surface area contributed by atoms with E-state index in [0.717, 1.165) is 36.7 Å². The molecule has 2 N–H and O–H groups in total. The molecule has 1 aliphatic rings. The summed E-state index contributed by atoms with van der Waals surface area (Å²) in [6.45, 7) is 13.9. The standard InChI is InChI=1S/C24H37N5O3/c1-15(2)29-20-18(13-26-29)12-19(17(4)27-20)21(30)28-24(11-9-8-10-16(24)3)14-25-22(31)32-23(5,6)7/h12-13,15-16H,8-11,14H2,1-7H3,(H,25,31)(H,28,30)/t16-,24+/m0/s1. The quantitative estimate of drug-likeness (QED) is 0.708. The maximum absolute atomic E-state index is 13.4. The monoisotopic (exact) mass is 443 g/mol. The van der Waals surface area contributed by atoms with E-state index in [9.17, 15) is 9.59 Å². The number of amides is 2. The van der Waals surface area contributed by atoms with Gasteiger partial charge in [0.1, 0.15) is 5.60 Å². The second-order valence-corrected chi connectivity index (χ2v) is 10.3. The Kier molecular flexibility index (Phi) is 6.81. The summed E-state index contributed by atoms with van der Waals surface area (Å²) in [5, 5.41) is 11.4. The number of hydrogen-bond donors (Lipinski definition) is 2. The first-order valence-corrected chi connectivity index (χ1v) is 11.6. The predicted molar refractivity (Wildman–Crippen MR) is 125 cm³/mol. The van der Waals surface area contributed by atoms with Gasteiger partial charge in [-0.05, 0) is 66.4 Å². The van der Waals surface area contributed by atoms with Crippen molar-refractivity contribution in [2.45, 2.75) is 91.3 Å². The van der Waals surface area contributed by atoms with Gasteiger partial charge in [-0.3, -0.25) is 4.79 Å². The predicted octanol–water partition coefficient (Wildman–Crippen LogP) is 4.52. The summed E-state index contributed by atoms with van der Waals surface area (Å²) >= 11 is 0. The number of carbonyl (C=O) groups is 2. The lowest BCUT2D eigenvalue weighted by Gasteiger charge is -2.43. The minimum Gasteiger partial charge on any atom is -0.444 e. The van der Waals surface area contributed by atoms with Gasteiger partial charge in [0.2, 0.25) is 0 Å². The second-order valence-electron chi connectivity index (χ2n) is 10.3.